The fraction of sp³-hybridized carbons (Fsp3) is 0.133. The Labute approximate surface area is 131 Å². The van der Waals surface area contributed by atoms with Crippen LogP contribution in [-0.4, -0.2) is 15.2 Å². The summed E-state index contributed by atoms with van der Waals surface area (Å²) in [4.78, 5) is 4.32. The van der Waals surface area contributed by atoms with Crippen molar-refractivity contribution in [1.82, 2.24) is 15.2 Å². The van der Waals surface area contributed by atoms with Gasteiger partial charge in [0.05, 0.1) is 17.3 Å². The highest BCUT2D eigenvalue weighted by molar-refractivity contribution is 7.13. The van der Waals surface area contributed by atoms with E-state index in [2.05, 4.69) is 39.6 Å². The summed E-state index contributed by atoms with van der Waals surface area (Å²) in [7, 11) is 0. The van der Waals surface area contributed by atoms with Gasteiger partial charge in [0, 0.05) is 10.9 Å². The van der Waals surface area contributed by atoms with E-state index in [9.17, 15) is 0 Å². The van der Waals surface area contributed by atoms with Crippen molar-refractivity contribution in [2.45, 2.75) is 12.8 Å². The number of nitrogens with one attached hydrogen (secondary N) is 1. The molecule has 3 rings (SSSR count). The van der Waals surface area contributed by atoms with Gasteiger partial charge < -0.3 is 5.32 Å². The molecule has 6 heteroatoms. The molecular formula is C15H13ClN4S. The van der Waals surface area contributed by atoms with Crippen molar-refractivity contribution in [1.29, 1.82) is 0 Å². The highest BCUT2D eigenvalue weighted by Crippen LogP contribution is 2.22. The molecule has 0 aliphatic rings. The third kappa shape index (κ3) is 3.37. The van der Waals surface area contributed by atoms with E-state index in [-0.39, 0.29) is 0 Å². The molecule has 1 N–H and O–H groups in total. The van der Waals surface area contributed by atoms with Gasteiger partial charge in [-0.1, -0.05) is 29.8 Å². The maximum absolute atomic E-state index is 5.73. The molecule has 4 nitrogen and oxygen atoms in total. The fourth-order valence-electron chi connectivity index (χ4n) is 1.81. The minimum atomic E-state index is 0.413. The Kier molecular flexibility index (Phi) is 4.13. The highest BCUT2D eigenvalue weighted by Gasteiger charge is 2.04. The van der Waals surface area contributed by atoms with Crippen molar-refractivity contribution in [3.8, 4) is 11.3 Å². The molecule has 0 saturated carbocycles. The average Bonchev–Trinajstić information content (AvgIpc) is 2.97. The zero-order valence-electron chi connectivity index (χ0n) is 11.4. The molecule has 0 aliphatic heterocycles. The van der Waals surface area contributed by atoms with E-state index in [1.807, 2.05) is 29.6 Å². The van der Waals surface area contributed by atoms with Crippen molar-refractivity contribution >= 4 is 33.9 Å². The zero-order valence-corrected chi connectivity index (χ0v) is 12.9. The van der Waals surface area contributed by atoms with Gasteiger partial charge in [0.15, 0.2) is 10.9 Å². The summed E-state index contributed by atoms with van der Waals surface area (Å²) in [6.07, 6.45) is 0. The standard InChI is InChI=1S/C15H13ClN4S/c1-10-2-4-11(5-3-10)13-6-7-14(20-19-13)18-15-17-12(8-16)9-21-15/h2-7,9H,8H2,1H3,(H,17,18,20). The number of alkyl halides is 1. The number of hydrogen-bond acceptors (Lipinski definition) is 5. The normalized spacial score (nSPS) is 10.6. The second-order valence-electron chi connectivity index (χ2n) is 4.57. The number of thiazole rings is 1. The smallest absolute Gasteiger partial charge is 0.188 e. The minimum absolute atomic E-state index is 0.413. The summed E-state index contributed by atoms with van der Waals surface area (Å²) in [5, 5.41) is 14.2. The van der Waals surface area contributed by atoms with E-state index in [4.69, 9.17) is 11.6 Å². The van der Waals surface area contributed by atoms with Crippen LogP contribution in [0.5, 0.6) is 0 Å². The zero-order chi connectivity index (χ0) is 14.7. The number of hydrogen-bond donors (Lipinski definition) is 1. The Balaban J connectivity index is 1.76. The first-order valence-electron chi connectivity index (χ1n) is 6.43. The maximum atomic E-state index is 5.73. The number of nitrogens with zero attached hydrogens (tertiary/aromatic N) is 3. The van der Waals surface area contributed by atoms with Gasteiger partial charge in [-0.3, -0.25) is 0 Å². The molecule has 0 saturated heterocycles. The lowest BCUT2D eigenvalue weighted by molar-refractivity contribution is 1.04. The third-order valence-electron chi connectivity index (χ3n) is 2.94. The Morgan fingerprint density at radius 2 is 1.90 bits per heavy atom. The van der Waals surface area contributed by atoms with Gasteiger partial charge in [-0.15, -0.1) is 33.1 Å². The van der Waals surface area contributed by atoms with Crippen LogP contribution in [0.1, 0.15) is 11.3 Å². The first-order chi connectivity index (χ1) is 10.2. The van der Waals surface area contributed by atoms with E-state index >= 15 is 0 Å². The lowest BCUT2D eigenvalue weighted by Crippen LogP contribution is -1.96. The van der Waals surface area contributed by atoms with E-state index in [0.717, 1.165) is 22.1 Å². The first-order valence-corrected chi connectivity index (χ1v) is 7.84. The van der Waals surface area contributed by atoms with Crippen molar-refractivity contribution in [2.24, 2.45) is 0 Å². The molecule has 0 radical (unpaired) electrons. The number of rotatable bonds is 4. The van der Waals surface area contributed by atoms with Crippen molar-refractivity contribution < 1.29 is 0 Å². The summed E-state index contributed by atoms with van der Waals surface area (Å²) < 4.78 is 0. The second kappa shape index (κ2) is 6.20. The van der Waals surface area contributed by atoms with Crippen LogP contribution in [0.25, 0.3) is 11.3 Å². The van der Waals surface area contributed by atoms with Gasteiger partial charge in [0.1, 0.15) is 0 Å². The largest absolute Gasteiger partial charge is 0.315 e. The molecule has 2 aromatic heterocycles. The molecule has 0 amide bonds. The summed E-state index contributed by atoms with van der Waals surface area (Å²) in [6.45, 7) is 2.06. The van der Waals surface area contributed by atoms with Crippen LogP contribution in [0.3, 0.4) is 0 Å². The number of halogens is 1. The number of aryl methyl sites for hydroxylation is 1. The monoisotopic (exact) mass is 316 g/mol. The average molecular weight is 317 g/mol. The molecule has 0 unspecified atom stereocenters. The van der Waals surface area contributed by atoms with Gasteiger partial charge in [-0.25, -0.2) is 4.98 Å². The number of aromatic nitrogens is 3. The van der Waals surface area contributed by atoms with E-state index in [1.165, 1.54) is 16.9 Å². The summed E-state index contributed by atoms with van der Waals surface area (Å²) >= 11 is 7.23. The predicted molar refractivity (Wildman–Crippen MR) is 87.2 cm³/mol. The van der Waals surface area contributed by atoms with Crippen LogP contribution in [0, 0.1) is 6.92 Å². The summed E-state index contributed by atoms with van der Waals surface area (Å²) in [5.74, 6) is 1.08. The topological polar surface area (TPSA) is 50.7 Å². The van der Waals surface area contributed by atoms with Crippen LogP contribution in [0.4, 0.5) is 10.9 Å². The molecule has 2 heterocycles. The van der Waals surface area contributed by atoms with Gasteiger partial charge in [0.25, 0.3) is 0 Å². The Morgan fingerprint density at radius 3 is 2.52 bits per heavy atom. The minimum Gasteiger partial charge on any atom is -0.315 e. The Hall–Kier alpha value is -1.98. The van der Waals surface area contributed by atoms with Crippen LogP contribution in [0.15, 0.2) is 41.8 Å². The Morgan fingerprint density at radius 1 is 1.10 bits per heavy atom. The van der Waals surface area contributed by atoms with Gasteiger partial charge in [-0.2, -0.15) is 0 Å². The summed E-state index contributed by atoms with van der Waals surface area (Å²) in [6, 6.07) is 12.0. The molecule has 0 bridgehead atoms. The summed E-state index contributed by atoms with van der Waals surface area (Å²) in [5.41, 5.74) is 3.98. The molecule has 0 atom stereocenters. The molecular weight excluding hydrogens is 304 g/mol. The lowest BCUT2D eigenvalue weighted by Gasteiger charge is -2.03. The van der Waals surface area contributed by atoms with Gasteiger partial charge in [-0.05, 0) is 19.1 Å². The van der Waals surface area contributed by atoms with E-state index in [1.54, 1.807) is 0 Å². The SMILES string of the molecule is Cc1ccc(-c2ccc(Nc3nc(CCl)cs3)nn2)cc1. The third-order valence-corrected chi connectivity index (χ3v) is 4.02. The molecule has 21 heavy (non-hydrogen) atoms. The van der Waals surface area contributed by atoms with Crippen LogP contribution >= 0.6 is 22.9 Å². The van der Waals surface area contributed by atoms with Crippen molar-refractivity contribution in [3.05, 3.63) is 53.0 Å². The van der Waals surface area contributed by atoms with Crippen molar-refractivity contribution in [3.63, 3.8) is 0 Å². The van der Waals surface area contributed by atoms with Crippen molar-refractivity contribution in [2.75, 3.05) is 5.32 Å². The molecule has 0 aliphatic carbocycles. The Bertz CT molecular complexity index is 722. The van der Waals surface area contributed by atoms with E-state index < -0.39 is 0 Å². The number of benzene rings is 1. The van der Waals surface area contributed by atoms with Gasteiger partial charge in [0.2, 0.25) is 0 Å². The lowest BCUT2D eigenvalue weighted by atomic mass is 10.1. The number of anilines is 2. The van der Waals surface area contributed by atoms with Crippen LogP contribution < -0.4 is 5.32 Å². The highest BCUT2D eigenvalue weighted by atomic mass is 35.5. The molecule has 3 aromatic rings. The van der Waals surface area contributed by atoms with Crippen LogP contribution in [-0.2, 0) is 5.88 Å². The maximum Gasteiger partial charge on any atom is 0.188 e. The molecule has 1 aromatic carbocycles. The predicted octanol–water partition coefficient (Wildman–Crippen LogP) is 4.39. The molecule has 106 valence electrons. The molecule has 0 spiro atoms. The van der Waals surface area contributed by atoms with Gasteiger partial charge >= 0.3 is 0 Å². The fourth-order valence-corrected chi connectivity index (χ4v) is 2.76. The van der Waals surface area contributed by atoms with Crippen LogP contribution in [0.2, 0.25) is 0 Å². The molecule has 0 fully saturated rings. The second-order valence-corrected chi connectivity index (χ2v) is 5.70. The quantitative estimate of drug-likeness (QED) is 0.725. The van der Waals surface area contributed by atoms with E-state index in [0.29, 0.717) is 11.7 Å². The first kappa shape index (κ1) is 14.0.